The van der Waals surface area contributed by atoms with Crippen LogP contribution in [0.25, 0.3) is 0 Å². The number of benzene rings is 3. The van der Waals surface area contributed by atoms with E-state index in [0.717, 1.165) is 23.4 Å². The Morgan fingerprint density at radius 2 is 1.63 bits per heavy atom. The predicted molar refractivity (Wildman–Crippen MR) is 107 cm³/mol. The van der Waals surface area contributed by atoms with E-state index in [1.165, 1.54) is 11.1 Å². The number of anilines is 1. The van der Waals surface area contributed by atoms with Crippen LogP contribution in [-0.4, -0.2) is 16.8 Å². The fourth-order valence-corrected chi connectivity index (χ4v) is 3.36. The van der Waals surface area contributed by atoms with E-state index >= 15 is 0 Å². The number of nitrogens with zero attached hydrogens (tertiary/aromatic N) is 2. The smallest absolute Gasteiger partial charge is 0.335 e. The average molecular weight is 356 g/mol. The molecule has 1 atom stereocenters. The third-order valence-corrected chi connectivity index (χ3v) is 4.86. The second-order valence-corrected chi connectivity index (χ2v) is 6.74. The van der Waals surface area contributed by atoms with Crippen LogP contribution in [0.3, 0.4) is 0 Å². The Labute approximate surface area is 158 Å². The molecule has 134 valence electrons. The molecular weight excluding hydrogens is 336 g/mol. The molecule has 0 amide bonds. The van der Waals surface area contributed by atoms with Crippen LogP contribution in [0.1, 0.15) is 39.5 Å². The first-order valence-electron chi connectivity index (χ1n) is 8.94. The van der Waals surface area contributed by atoms with E-state index < -0.39 is 5.97 Å². The Hall–Kier alpha value is -3.40. The first-order valence-corrected chi connectivity index (χ1v) is 8.94. The Kier molecular flexibility index (Phi) is 4.47. The fourth-order valence-electron chi connectivity index (χ4n) is 3.36. The number of aryl methyl sites for hydroxylation is 1. The number of hydrogen-bond acceptors (Lipinski definition) is 3. The molecule has 0 spiro atoms. The normalized spacial score (nSPS) is 16.3. The summed E-state index contributed by atoms with van der Waals surface area (Å²) in [7, 11) is 0. The third-order valence-electron chi connectivity index (χ3n) is 4.86. The van der Waals surface area contributed by atoms with Gasteiger partial charge >= 0.3 is 5.97 Å². The van der Waals surface area contributed by atoms with Gasteiger partial charge in [-0.05, 0) is 42.3 Å². The van der Waals surface area contributed by atoms with E-state index in [9.17, 15) is 4.79 Å². The van der Waals surface area contributed by atoms with Crippen LogP contribution in [0.4, 0.5) is 5.69 Å². The number of carboxylic acids is 1. The Bertz CT molecular complexity index is 977. The van der Waals surface area contributed by atoms with Crippen molar-refractivity contribution in [2.75, 3.05) is 5.01 Å². The number of aromatic carboxylic acids is 1. The van der Waals surface area contributed by atoms with Crippen LogP contribution in [0.2, 0.25) is 0 Å². The van der Waals surface area contributed by atoms with Crippen molar-refractivity contribution in [1.29, 1.82) is 0 Å². The van der Waals surface area contributed by atoms with Crippen molar-refractivity contribution in [3.63, 3.8) is 0 Å². The summed E-state index contributed by atoms with van der Waals surface area (Å²) in [5.41, 5.74) is 5.72. The van der Waals surface area contributed by atoms with Gasteiger partial charge in [-0.1, -0.05) is 60.2 Å². The summed E-state index contributed by atoms with van der Waals surface area (Å²) in [6.07, 6.45) is 0.799. The second kappa shape index (κ2) is 7.08. The predicted octanol–water partition coefficient (Wildman–Crippen LogP) is 5.05. The number of rotatable bonds is 4. The zero-order chi connectivity index (χ0) is 18.8. The SMILES string of the molecule is Cc1ccc(C2CC(c3ccccc3)=NN2c2ccc(C(=O)O)cc2)cc1. The lowest BCUT2D eigenvalue weighted by atomic mass is 9.97. The van der Waals surface area contributed by atoms with Gasteiger partial charge in [0.05, 0.1) is 23.0 Å². The molecular formula is C23H20N2O2. The van der Waals surface area contributed by atoms with Gasteiger partial charge in [0.1, 0.15) is 0 Å². The Morgan fingerprint density at radius 3 is 2.26 bits per heavy atom. The van der Waals surface area contributed by atoms with Gasteiger partial charge in [0.2, 0.25) is 0 Å². The minimum absolute atomic E-state index is 0.0801. The minimum Gasteiger partial charge on any atom is -0.478 e. The lowest BCUT2D eigenvalue weighted by molar-refractivity contribution is 0.0697. The number of carbonyl (C=O) groups is 1. The molecule has 1 heterocycles. The third kappa shape index (κ3) is 3.47. The zero-order valence-electron chi connectivity index (χ0n) is 15.0. The lowest BCUT2D eigenvalue weighted by Gasteiger charge is -2.24. The van der Waals surface area contributed by atoms with Crippen LogP contribution in [0.5, 0.6) is 0 Å². The highest BCUT2D eigenvalue weighted by Gasteiger charge is 2.29. The highest BCUT2D eigenvalue weighted by atomic mass is 16.4. The van der Waals surface area contributed by atoms with Crippen LogP contribution >= 0.6 is 0 Å². The second-order valence-electron chi connectivity index (χ2n) is 6.74. The van der Waals surface area contributed by atoms with Gasteiger partial charge in [-0.25, -0.2) is 4.79 Å². The molecule has 0 aliphatic carbocycles. The number of hydrazone groups is 1. The molecule has 1 aliphatic rings. The van der Waals surface area contributed by atoms with Gasteiger partial charge in [-0.3, -0.25) is 5.01 Å². The van der Waals surface area contributed by atoms with Crippen molar-refractivity contribution >= 4 is 17.4 Å². The van der Waals surface area contributed by atoms with Crippen molar-refractivity contribution < 1.29 is 9.90 Å². The summed E-state index contributed by atoms with van der Waals surface area (Å²) >= 11 is 0. The van der Waals surface area contributed by atoms with Crippen molar-refractivity contribution in [3.05, 3.63) is 101 Å². The molecule has 0 bridgehead atoms. The summed E-state index contributed by atoms with van der Waals surface area (Å²) in [4.78, 5) is 11.1. The first-order chi connectivity index (χ1) is 13.1. The van der Waals surface area contributed by atoms with Gasteiger partial charge < -0.3 is 5.11 Å². The monoisotopic (exact) mass is 356 g/mol. The molecule has 0 fully saturated rings. The van der Waals surface area contributed by atoms with E-state index in [0.29, 0.717) is 0 Å². The van der Waals surface area contributed by atoms with Gasteiger partial charge in [-0.15, -0.1) is 0 Å². The van der Waals surface area contributed by atoms with Crippen molar-refractivity contribution in [2.24, 2.45) is 5.10 Å². The van der Waals surface area contributed by atoms with Gasteiger partial charge in [0.15, 0.2) is 0 Å². The molecule has 1 unspecified atom stereocenters. The van der Waals surface area contributed by atoms with Crippen LogP contribution in [0, 0.1) is 6.92 Å². The molecule has 4 heteroatoms. The summed E-state index contributed by atoms with van der Waals surface area (Å²) < 4.78 is 0. The van der Waals surface area contributed by atoms with Gasteiger partial charge in [-0.2, -0.15) is 5.10 Å². The maximum absolute atomic E-state index is 11.1. The largest absolute Gasteiger partial charge is 0.478 e. The summed E-state index contributed by atoms with van der Waals surface area (Å²) in [5, 5.41) is 16.0. The van der Waals surface area contributed by atoms with Crippen LogP contribution < -0.4 is 5.01 Å². The van der Waals surface area contributed by atoms with E-state index in [-0.39, 0.29) is 11.6 Å². The maximum atomic E-state index is 11.1. The summed E-state index contributed by atoms with van der Waals surface area (Å²) in [5.74, 6) is -0.925. The first kappa shape index (κ1) is 17.0. The number of hydrogen-bond donors (Lipinski definition) is 1. The fraction of sp³-hybridized carbons (Fsp3) is 0.130. The summed E-state index contributed by atoms with van der Waals surface area (Å²) in [6.45, 7) is 2.08. The lowest BCUT2D eigenvalue weighted by Crippen LogP contribution is -2.18. The van der Waals surface area contributed by atoms with Crippen molar-refractivity contribution in [1.82, 2.24) is 0 Å². The van der Waals surface area contributed by atoms with E-state index in [1.807, 2.05) is 35.3 Å². The van der Waals surface area contributed by atoms with Crippen molar-refractivity contribution in [2.45, 2.75) is 19.4 Å². The van der Waals surface area contributed by atoms with Crippen molar-refractivity contribution in [3.8, 4) is 0 Å². The Balaban J connectivity index is 1.73. The molecule has 3 aromatic carbocycles. The van der Waals surface area contributed by atoms with Gasteiger partial charge in [0.25, 0.3) is 0 Å². The highest BCUT2D eigenvalue weighted by molar-refractivity contribution is 6.03. The van der Waals surface area contributed by atoms with Crippen LogP contribution in [-0.2, 0) is 0 Å². The highest BCUT2D eigenvalue weighted by Crippen LogP contribution is 2.36. The molecule has 1 aliphatic heterocycles. The van der Waals surface area contributed by atoms with E-state index in [4.69, 9.17) is 10.2 Å². The molecule has 0 saturated heterocycles. The van der Waals surface area contributed by atoms with E-state index in [1.54, 1.807) is 12.1 Å². The average Bonchev–Trinajstić information content (AvgIpc) is 3.15. The molecule has 27 heavy (non-hydrogen) atoms. The quantitative estimate of drug-likeness (QED) is 0.712. The zero-order valence-corrected chi connectivity index (χ0v) is 15.0. The molecule has 3 aromatic rings. The topological polar surface area (TPSA) is 52.9 Å². The minimum atomic E-state index is -0.925. The molecule has 0 saturated carbocycles. The molecule has 4 rings (SSSR count). The molecule has 1 N–H and O–H groups in total. The maximum Gasteiger partial charge on any atom is 0.335 e. The standard InChI is InChI=1S/C23H20N2O2/c1-16-7-9-18(10-8-16)22-15-21(17-5-3-2-4-6-17)24-25(22)20-13-11-19(12-14-20)23(26)27/h2-14,22H,15H2,1H3,(H,26,27). The number of carboxylic acid groups (broad SMARTS) is 1. The summed E-state index contributed by atoms with van der Waals surface area (Å²) in [6, 6.07) is 25.7. The molecule has 0 radical (unpaired) electrons. The van der Waals surface area contributed by atoms with Gasteiger partial charge in [0, 0.05) is 6.42 Å². The molecule has 0 aromatic heterocycles. The Morgan fingerprint density at radius 1 is 0.963 bits per heavy atom. The van der Waals surface area contributed by atoms with Crippen LogP contribution in [0.15, 0.2) is 84.0 Å². The van der Waals surface area contributed by atoms with E-state index in [2.05, 4.69) is 43.3 Å². The molecule has 4 nitrogen and oxygen atoms in total.